The Hall–Kier alpha value is -0.680. The minimum Gasteiger partial charge on any atom is -0.352 e. The van der Waals surface area contributed by atoms with Crippen LogP contribution in [-0.2, 0) is 6.42 Å². The van der Waals surface area contributed by atoms with E-state index in [0.717, 1.165) is 42.2 Å². The Morgan fingerprint density at radius 3 is 2.89 bits per heavy atom. The highest BCUT2D eigenvalue weighted by atomic mass is 79.9. The zero-order valence-electron chi connectivity index (χ0n) is 12.1. The number of nitrogens with zero attached hydrogens (tertiary/aromatic N) is 4. The minimum absolute atomic E-state index is 0.575. The molecule has 1 aromatic rings. The normalized spacial score (nSPS) is 19.4. The largest absolute Gasteiger partial charge is 0.352 e. The molecule has 0 saturated carbocycles. The average Bonchev–Trinajstić information content (AvgIpc) is 2.75. The first-order valence-electron chi connectivity index (χ1n) is 7.05. The van der Waals surface area contributed by atoms with Crippen LogP contribution in [0.15, 0.2) is 10.7 Å². The fraction of sp³-hybridized carbons (Fsp3) is 0.714. The Morgan fingerprint density at radius 2 is 2.21 bits per heavy atom. The van der Waals surface area contributed by atoms with Crippen molar-refractivity contribution in [3.63, 3.8) is 0 Å². The van der Waals surface area contributed by atoms with Crippen LogP contribution < -0.4 is 4.90 Å². The van der Waals surface area contributed by atoms with E-state index in [1.807, 2.05) is 6.07 Å². The minimum atomic E-state index is 0.575. The van der Waals surface area contributed by atoms with Crippen LogP contribution in [0.5, 0.6) is 0 Å². The smallest absolute Gasteiger partial charge is 0.133 e. The van der Waals surface area contributed by atoms with Crippen molar-refractivity contribution in [3.8, 4) is 0 Å². The number of likely N-dealkylation sites (N-methyl/N-ethyl adjacent to an activating group) is 1. The summed E-state index contributed by atoms with van der Waals surface area (Å²) in [4.78, 5) is 13.9. The summed E-state index contributed by atoms with van der Waals surface area (Å²) >= 11 is 3.51. The lowest BCUT2D eigenvalue weighted by atomic mass is 10.2. The van der Waals surface area contributed by atoms with Gasteiger partial charge in [-0.15, -0.1) is 0 Å². The average molecular weight is 327 g/mol. The second-order valence-electron chi connectivity index (χ2n) is 5.47. The van der Waals surface area contributed by atoms with Crippen LogP contribution in [0.25, 0.3) is 0 Å². The molecular weight excluding hydrogens is 304 g/mol. The van der Waals surface area contributed by atoms with Crippen molar-refractivity contribution in [2.75, 3.05) is 32.1 Å². The summed E-state index contributed by atoms with van der Waals surface area (Å²) in [5, 5.41) is 0. The third-order valence-electron chi connectivity index (χ3n) is 3.45. The molecule has 1 atom stereocenters. The molecule has 0 amide bonds. The van der Waals surface area contributed by atoms with E-state index >= 15 is 0 Å². The summed E-state index contributed by atoms with van der Waals surface area (Å²) in [6.45, 7) is 4.35. The molecule has 0 N–H and O–H groups in total. The molecule has 4 nitrogen and oxygen atoms in total. The highest BCUT2D eigenvalue weighted by Crippen LogP contribution is 2.26. The third kappa shape index (κ3) is 3.89. The van der Waals surface area contributed by atoms with E-state index in [1.165, 1.54) is 12.8 Å². The number of hydrogen-bond acceptors (Lipinski definition) is 4. The van der Waals surface area contributed by atoms with Crippen LogP contribution in [0.1, 0.15) is 32.0 Å². The number of rotatable bonds is 5. The predicted molar refractivity (Wildman–Crippen MR) is 82.6 cm³/mol. The summed E-state index contributed by atoms with van der Waals surface area (Å²) < 4.78 is 0.899. The molecular formula is C14H23BrN4. The molecule has 0 aromatic carbocycles. The Morgan fingerprint density at radius 1 is 1.42 bits per heavy atom. The fourth-order valence-corrected chi connectivity index (χ4v) is 3.09. The molecule has 0 spiro atoms. The summed E-state index contributed by atoms with van der Waals surface area (Å²) in [5.74, 6) is 2.03. The number of hydrogen-bond donors (Lipinski definition) is 0. The lowest BCUT2D eigenvalue weighted by Crippen LogP contribution is -2.38. The van der Waals surface area contributed by atoms with E-state index in [4.69, 9.17) is 4.98 Å². The van der Waals surface area contributed by atoms with Crippen LogP contribution in [-0.4, -0.2) is 48.1 Å². The molecule has 5 heteroatoms. The van der Waals surface area contributed by atoms with Crippen molar-refractivity contribution in [2.24, 2.45) is 0 Å². The van der Waals surface area contributed by atoms with Gasteiger partial charge in [0.15, 0.2) is 0 Å². The van der Waals surface area contributed by atoms with Crippen LogP contribution in [0, 0.1) is 0 Å². The maximum atomic E-state index is 4.73. The predicted octanol–water partition coefficient (Wildman–Crippen LogP) is 2.72. The van der Waals surface area contributed by atoms with Crippen LogP contribution >= 0.6 is 15.9 Å². The van der Waals surface area contributed by atoms with Crippen molar-refractivity contribution >= 4 is 21.7 Å². The number of aryl methyl sites for hydroxylation is 1. The summed E-state index contributed by atoms with van der Waals surface area (Å²) in [6, 6.07) is 2.62. The number of aromatic nitrogens is 2. The van der Waals surface area contributed by atoms with E-state index in [9.17, 15) is 0 Å². The molecule has 1 unspecified atom stereocenters. The SMILES string of the molecule is CCCc1nc(Br)cc(N2CCCC2CN(C)C)n1. The fourth-order valence-electron chi connectivity index (χ4n) is 2.68. The zero-order valence-corrected chi connectivity index (χ0v) is 13.7. The van der Waals surface area contributed by atoms with Gasteiger partial charge in [-0.1, -0.05) is 6.92 Å². The molecule has 0 bridgehead atoms. The van der Waals surface area contributed by atoms with Crippen molar-refractivity contribution < 1.29 is 0 Å². The van der Waals surface area contributed by atoms with E-state index in [-0.39, 0.29) is 0 Å². The van der Waals surface area contributed by atoms with Crippen LogP contribution in [0.4, 0.5) is 5.82 Å². The summed E-state index contributed by atoms with van der Waals surface area (Å²) in [6.07, 6.45) is 4.53. The molecule has 19 heavy (non-hydrogen) atoms. The molecule has 2 heterocycles. The van der Waals surface area contributed by atoms with Gasteiger partial charge in [0, 0.05) is 31.6 Å². The Balaban J connectivity index is 2.19. The molecule has 0 radical (unpaired) electrons. The Kier molecular flexibility index (Phi) is 5.16. The molecule has 2 rings (SSSR count). The Labute approximate surface area is 124 Å². The molecule has 1 aliphatic heterocycles. The first-order valence-corrected chi connectivity index (χ1v) is 7.84. The van der Waals surface area contributed by atoms with Gasteiger partial charge >= 0.3 is 0 Å². The van der Waals surface area contributed by atoms with Gasteiger partial charge in [-0.05, 0) is 49.3 Å². The quantitative estimate of drug-likeness (QED) is 0.779. The Bertz CT molecular complexity index is 422. The molecule has 1 aromatic heterocycles. The van der Waals surface area contributed by atoms with Crippen molar-refractivity contribution in [3.05, 3.63) is 16.5 Å². The third-order valence-corrected chi connectivity index (χ3v) is 3.85. The maximum Gasteiger partial charge on any atom is 0.133 e. The van der Waals surface area contributed by atoms with Crippen molar-refractivity contribution in [1.29, 1.82) is 0 Å². The van der Waals surface area contributed by atoms with Crippen LogP contribution in [0.3, 0.4) is 0 Å². The number of anilines is 1. The van der Waals surface area contributed by atoms with Gasteiger partial charge in [-0.25, -0.2) is 9.97 Å². The second-order valence-corrected chi connectivity index (χ2v) is 6.28. The molecule has 106 valence electrons. The van der Waals surface area contributed by atoms with E-state index < -0.39 is 0 Å². The number of halogens is 1. The monoisotopic (exact) mass is 326 g/mol. The molecule has 1 saturated heterocycles. The van der Waals surface area contributed by atoms with E-state index in [2.05, 4.69) is 51.7 Å². The van der Waals surface area contributed by atoms with Gasteiger partial charge in [-0.2, -0.15) is 0 Å². The van der Waals surface area contributed by atoms with Gasteiger partial charge < -0.3 is 9.80 Å². The first kappa shape index (κ1) is 14.7. The van der Waals surface area contributed by atoms with Crippen LogP contribution in [0.2, 0.25) is 0 Å². The summed E-state index contributed by atoms with van der Waals surface area (Å²) in [5.41, 5.74) is 0. The second kappa shape index (κ2) is 6.66. The van der Waals surface area contributed by atoms with Crippen molar-refractivity contribution in [1.82, 2.24) is 14.9 Å². The van der Waals surface area contributed by atoms with Gasteiger partial charge in [0.1, 0.15) is 16.2 Å². The lowest BCUT2D eigenvalue weighted by Gasteiger charge is -2.28. The molecule has 1 aliphatic rings. The zero-order chi connectivity index (χ0) is 13.8. The topological polar surface area (TPSA) is 32.3 Å². The van der Waals surface area contributed by atoms with E-state index in [0.29, 0.717) is 6.04 Å². The van der Waals surface area contributed by atoms with Crippen molar-refractivity contribution in [2.45, 2.75) is 38.6 Å². The standard InChI is InChI=1S/C14H23BrN4/c1-4-6-13-16-12(15)9-14(17-13)19-8-5-7-11(19)10-18(2)3/h9,11H,4-8,10H2,1-3H3. The van der Waals surface area contributed by atoms with Gasteiger partial charge in [0.25, 0.3) is 0 Å². The van der Waals surface area contributed by atoms with Gasteiger partial charge in [0.2, 0.25) is 0 Å². The molecule has 0 aliphatic carbocycles. The highest BCUT2D eigenvalue weighted by molar-refractivity contribution is 9.10. The first-order chi connectivity index (χ1) is 9.10. The van der Waals surface area contributed by atoms with Gasteiger partial charge in [0.05, 0.1) is 0 Å². The highest BCUT2D eigenvalue weighted by Gasteiger charge is 2.26. The molecule has 1 fully saturated rings. The van der Waals surface area contributed by atoms with E-state index in [1.54, 1.807) is 0 Å². The van der Waals surface area contributed by atoms with Gasteiger partial charge in [-0.3, -0.25) is 0 Å². The lowest BCUT2D eigenvalue weighted by molar-refractivity contribution is 0.371. The summed E-state index contributed by atoms with van der Waals surface area (Å²) in [7, 11) is 4.27. The maximum absolute atomic E-state index is 4.73.